The van der Waals surface area contributed by atoms with Crippen molar-refractivity contribution in [1.82, 2.24) is 0 Å². The molecule has 56 heavy (non-hydrogen) atoms. The first-order valence-electron chi connectivity index (χ1n) is 18.2. The molecule has 0 aliphatic carbocycles. The maximum absolute atomic E-state index is 13.2. The van der Waals surface area contributed by atoms with E-state index < -0.39 is 17.9 Å². The molecule has 5 aromatic rings. The number of carbonyl (C=O) groups excluding carboxylic acids is 4. The fourth-order valence-electron chi connectivity index (χ4n) is 5.42. The Kier molecular flexibility index (Phi) is 14.2. The van der Waals surface area contributed by atoms with Crippen LogP contribution in [0, 0.1) is 0 Å². The Hall–Kier alpha value is -6.62. The van der Waals surface area contributed by atoms with E-state index in [1.165, 1.54) is 18.2 Å². The molecule has 0 heterocycles. The van der Waals surface area contributed by atoms with E-state index >= 15 is 0 Å². The van der Waals surface area contributed by atoms with Gasteiger partial charge in [-0.3, -0.25) is 0 Å². The SMILES string of the molecule is C=C(C)C(=O)OCCCCCCOc1ccc2cc(C(=O)Oc3ccc(OC(=O)c4ccc5cc(OCOC(=O)C(=C)C)ccc5c4)c(OCC)c3)ccc2c1. The van der Waals surface area contributed by atoms with Crippen molar-refractivity contribution >= 4 is 45.4 Å². The number of ether oxygens (including phenoxy) is 7. The molecule has 0 spiro atoms. The molecule has 11 nitrogen and oxygen atoms in total. The third-order valence-corrected chi connectivity index (χ3v) is 8.38. The van der Waals surface area contributed by atoms with Crippen molar-refractivity contribution in [3.63, 3.8) is 0 Å². The van der Waals surface area contributed by atoms with Crippen LogP contribution >= 0.6 is 0 Å². The van der Waals surface area contributed by atoms with E-state index in [-0.39, 0.29) is 42.2 Å². The lowest BCUT2D eigenvalue weighted by atomic mass is 10.1. The molecule has 290 valence electrons. The standard InChI is InChI=1S/C45H44O11/c1-6-50-41-27-39(19-20-40(41)56-45(49)36-14-12-34-26-38(18-16-32(34)24-36)53-28-54-43(47)30(4)5)55-44(48)35-13-11-33-25-37(17-15-31(33)23-35)51-21-9-7-8-10-22-52-42(46)29(2)3/h11-20,23-27H,2,4,6-10,21-22,28H2,1,3,5H3. The number of hydrogen-bond acceptors (Lipinski definition) is 11. The summed E-state index contributed by atoms with van der Waals surface area (Å²) in [5.74, 6) is -0.240. The number of benzene rings is 5. The van der Waals surface area contributed by atoms with Crippen LogP contribution in [0.3, 0.4) is 0 Å². The second-order valence-electron chi connectivity index (χ2n) is 12.9. The maximum Gasteiger partial charge on any atom is 0.343 e. The summed E-state index contributed by atoms with van der Waals surface area (Å²) >= 11 is 0. The normalized spacial score (nSPS) is 10.7. The molecule has 0 aliphatic rings. The first kappa shape index (κ1) is 40.6. The molecule has 5 rings (SSSR count). The zero-order valence-electron chi connectivity index (χ0n) is 31.7. The first-order valence-corrected chi connectivity index (χ1v) is 18.2. The molecule has 0 saturated heterocycles. The van der Waals surface area contributed by atoms with Crippen LogP contribution in [-0.4, -0.2) is 50.5 Å². The van der Waals surface area contributed by atoms with Gasteiger partial charge in [0.15, 0.2) is 11.5 Å². The highest BCUT2D eigenvalue weighted by Crippen LogP contribution is 2.33. The molecule has 0 saturated carbocycles. The molecule has 0 amide bonds. The Bertz CT molecular complexity index is 2250. The van der Waals surface area contributed by atoms with E-state index in [4.69, 9.17) is 33.2 Å². The van der Waals surface area contributed by atoms with Gasteiger partial charge < -0.3 is 33.2 Å². The Morgan fingerprint density at radius 2 is 1.02 bits per heavy atom. The summed E-state index contributed by atoms with van der Waals surface area (Å²) in [6.45, 7) is 13.0. The Balaban J connectivity index is 1.14. The molecule has 5 aromatic carbocycles. The predicted octanol–water partition coefficient (Wildman–Crippen LogP) is 9.34. The molecule has 0 aliphatic heterocycles. The van der Waals surface area contributed by atoms with Crippen LogP contribution in [0.4, 0.5) is 0 Å². The number of esters is 4. The molecular formula is C45H44O11. The summed E-state index contributed by atoms with van der Waals surface area (Å²) in [6, 6.07) is 25.8. The summed E-state index contributed by atoms with van der Waals surface area (Å²) in [5, 5.41) is 3.32. The minimum Gasteiger partial charge on any atom is -0.494 e. The molecule has 0 bridgehead atoms. The lowest BCUT2D eigenvalue weighted by molar-refractivity contribution is -0.145. The number of hydrogen-bond donors (Lipinski definition) is 0. The predicted molar refractivity (Wildman–Crippen MR) is 212 cm³/mol. The van der Waals surface area contributed by atoms with Gasteiger partial charge in [-0.05, 0) is 129 Å². The van der Waals surface area contributed by atoms with Crippen molar-refractivity contribution in [3.05, 3.63) is 126 Å². The van der Waals surface area contributed by atoms with E-state index in [9.17, 15) is 19.2 Å². The Morgan fingerprint density at radius 3 is 1.62 bits per heavy atom. The van der Waals surface area contributed by atoms with E-state index in [2.05, 4.69) is 13.2 Å². The first-order chi connectivity index (χ1) is 27.0. The van der Waals surface area contributed by atoms with Crippen molar-refractivity contribution in [1.29, 1.82) is 0 Å². The van der Waals surface area contributed by atoms with Crippen LogP contribution in [0.25, 0.3) is 21.5 Å². The van der Waals surface area contributed by atoms with Gasteiger partial charge in [-0.1, -0.05) is 37.4 Å². The smallest absolute Gasteiger partial charge is 0.343 e. The Labute approximate surface area is 325 Å². The van der Waals surface area contributed by atoms with Gasteiger partial charge in [-0.25, -0.2) is 19.2 Å². The molecule has 0 radical (unpaired) electrons. The lowest BCUT2D eigenvalue weighted by Gasteiger charge is -2.13. The summed E-state index contributed by atoms with van der Waals surface area (Å²) in [7, 11) is 0. The molecule has 11 heteroatoms. The quantitative estimate of drug-likeness (QED) is 0.0262. The lowest BCUT2D eigenvalue weighted by Crippen LogP contribution is -2.11. The van der Waals surface area contributed by atoms with Gasteiger partial charge in [0.05, 0.1) is 30.9 Å². The van der Waals surface area contributed by atoms with Crippen molar-refractivity contribution in [2.75, 3.05) is 26.6 Å². The second kappa shape index (κ2) is 19.6. The van der Waals surface area contributed by atoms with E-state index in [0.717, 1.165) is 53.0 Å². The zero-order valence-corrected chi connectivity index (χ0v) is 31.7. The van der Waals surface area contributed by atoms with Crippen molar-refractivity contribution in [3.8, 4) is 28.7 Å². The highest BCUT2D eigenvalue weighted by atomic mass is 16.7. The minimum absolute atomic E-state index is 0.162. The van der Waals surface area contributed by atoms with Crippen molar-refractivity contribution in [2.45, 2.75) is 46.5 Å². The van der Waals surface area contributed by atoms with Gasteiger partial charge in [0.2, 0.25) is 6.79 Å². The highest BCUT2D eigenvalue weighted by Gasteiger charge is 2.17. The number of carbonyl (C=O) groups is 4. The van der Waals surface area contributed by atoms with E-state index in [0.29, 0.717) is 35.7 Å². The zero-order chi connectivity index (χ0) is 40.0. The molecule has 0 N–H and O–H groups in total. The summed E-state index contributed by atoms with van der Waals surface area (Å²) in [6.07, 6.45) is 3.55. The number of fused-ring (bicyclic) bond motifs is 2. The van der Waals surface area contributed by atoms with Gasteiger partial charge >= 0.3 is 23.9 Å². The van der Waals surface area contributed by atoms with Crippen LogP contribution in [0.2, 0.25) is 0 Å². The second-order valence-corrected chi connectivity index (χ2v) is 12.9. The van der Waals surface area contributed by atoms with Crippen LogP contribution in [0.5, 0.6) is 28.7 Å². The Morgan fingerprint density at radius 1 is 0.500 bits per heavy atom. The summed E-state index contributed by atoms with van der Waals surface area (Å²) in [5.41, 5.74) is 1.34. The van der Waals surface area contributed by atoms with E-state index in [1.807, 2.05) is 24.3 Å². The largest absolute Gasteiger partial charge is 0.494 e. The third kappa shape index (κ3) is 11.4. The topological polar surface area (TPSA) is 133 Å². The number of rotatable bonds is 19. The van der Waals surface area contributed by atoms with Crippen LogP contribution in [0.15, 0.2) is 115 Å². The monoisotopic (exact) mass is 760 g/mol. The average molecular weight is 761 g/mol. The summed E-state index contributed by atoms with van der Waals surface area (Å²) < 4.78 is 38.6. The van der Waals surface area contributed by atoms with Crippen LogP contribution < -0.4 is 23.7 Å². The van der Waals surface area contributed by atoms with Crippen LogP contribution in [-0.2, 0) is 19.1 Å². The fourth-order valence-corrected chi connectivity index (χ4v) is 5.42. The van der Waals surface area contributed by atoms with Gasteiger partial charge in [-0.2, -0.15) is 0 Å². The van der Waals surface area contributed by atoms with Crippen LogP contribution in [0.1, 0.15) is 67.2 Å². The van der Waals surface area contributed by atoms with Crippen molar-refractivity contribution in [2.24, 2.45) is 0 Å². The van der Waals surface area contributed by atoms with Gasteiger partial charge in [0.1, 0.15) is 17.2 Å². The minimum atomic E-state index is -0.606. The van der Waals surface area contributed by atoms with E-state index in [1.54, 1.807) is 69.3 Å². The molecule has 0 fully saturated rings. The third-order valence-electron chi connectivity index (χ3n) is 8.38. The number of unbranched alkanes of at least 4 members (excludes halogenated alkanes) is 3. The van der Waals surface area contributed by atoms with Crippen molar-refractivity contribution < 1.29 is 52.3 Å². The maximum atomic E-state index is 13.2. The molecule has 0 unspecified atom stereocenters. The average Bonchev–Trinajstić information content (AvgIpc) is 3.19. The molecule has 0 atom stereocenters. The highest BCUT2D eigenvalue weighted by molar-refractivity contribution is 5.98. The molecular weight excluding hydrogens is 716 g/mol. The van der Waals surface area contributed by atoms with Gasteiger partial charge in [0, 0.05) is 17.2 Å². The summed E-state index contributed by atoms with van der Waals surface area (Å²) in [4.78, 5) is 49.4. The fraction of sp³-hybridized carbons (Fsp3) is 0.244. The molecule has 0 aromatic heterocycles. The van der Waals surface area contributed by atoms with Gasteiger partial charge in [0.25, 0.3) is 0 Å². The van der Waals surface area contributed by atoms with Gasteiger partial charge in [-0.15, -0.1) is 0 Å².